The molecule has 2 N–H and O–H groups in total. The monoisotopic (exact) mass is 188 g/mol. The molecule has 1 heterocycles. The molecule has 70 valence electrons. The number of hydrogen-bond acceptors (Lipinski definition) is 2. The molecule has 0 radical (unpaired) electrons. The van der Waals surface area contributed by atoms with Crippen LogP contribution >= 0.6 is 12.4 Å². The highest BCUT2D eigenvalue weighted by molar-refractivity contribution is 5.85. The Bertz CT molecular complexity index is 191. The van der Waals surface area contributed by atoms with Crippen LogP contribution in [0.15, 0.2) is 4.99 Å². The molecule has 0 aromatic carbocycles. The molecule has 1 aliphatic carbocycles. The summed E-state index contributed by atoms with van der Waals surface area (Å²) in [4.78, 5) is 4.49. The number of aliphatic imine (C=N–C) groups is 1. The predicted octanol–water partition coefficient (Wildman–Crippen LogP) is 1.97. The molecule has 2 nitrogen and oxygen atoms in total. The number of fused-ring (bicyclic) bond motifs is 1. The molecule has 3 heteroatoms. The van der Waals surface area contributed by atoms with Crippen LogP contribution in [-0.2, 0) is 0 Å². The van der Waals surface area contributed by atoms with E-state index >= 15 is 0 Å². The molecule has 2 aliphatic rings. The number of nitrogens with zero attached hydrogens (tertiary/aromatic N) is 1. The summed E-state index contributed by atoms with van der Waals surface area (Å²) in [5.74, 6) is 2.52. The molecule has 1 aliphatic heterocycles. The fraction of sp³-hybridized carbons (Fsp3) is 0.889. The largest absolute Gasteiger partial charge is 0.387 e. The molecule has 0 aromatic heterocycles. The van der Waals surface area contributed by atoms with Gasteiger partial charge in [0.1, 0.15) is 0 Å². The smallest absolute Gasteiger partial charge is 0.0943 e. The average molecular weight is 189 g/mol. The summed E-state index contributed by atoms with van der Waals surface area (Å²) in [5, 5.41) is 0. The third-order valence-corrected chi connectivity index (χ3v) is 3.13. The van der Waals surface area contributed by atoms with Crippen LogP contribution in [-0.4, -0.2) is 11.9 Å². The summed E-state index contributed by atoms with van der Waals surface area (Å²) in [6.07, 6.45) is 5.04. The lowest BCUT2D eigenvalue weighted by Gasteiger charge is -2.28. The second kappa shape index (κ2) is 3.65. The summed E-state index contributed by atoms with van der Waals surface area (Å²) in [6, 6.07) is 0.582. The lowest BCUT2D eigenvalue weighted by atomic mass is 9.85. The fourth-order valence-corrected chi connectivity index (χ4v) is 2.54. The highest BCUT2D eigenvalue weighted by atomic mass is 35.5. The molecular formula is C9H17ClN2. The second-order valence-corrected chi connectivity index (χ2v) is 3.96. The van der Waals surface area contributed by atoms with Crippen molar-refractivity contribution in [3.05, 3.63) is 0 Å². The lowest BCUT2D eigenvalue weighted by molar-refractivity contribution is 0.325. The van der Waals surface area contributed by atoms with E-state index in [0.717, 1.165) is 24.1 Å². The van der Waals surface area contributed by atoms with Crippen molar-refractivity contribution in [2.45, 2.75) is 38.6 Å². The van der Waals surface area contributed by atoms with Crippen LogP contribution in [0.3, 0.4) is 0 Å². The van der Waals surface area contributed by atoms with E-state index in [1.54, 1.807) is 0 Å². The van der Waals surface area contributed by atoms with Crippen LogP contribution in [0.25, 0.3) is 0 Å². The van der Waals surface area contributed by atoms with Gasteiger partial charge in [0.15, 0.2) is 0 Å². The summed E-state index contributed by atoms with van der Waals surface area (Å²) >= 11 is 0. The Labute approximate surface area is 80.0 Å². The number of amidine groups is 1. The topological polar surface area (TPSA) is 38.4 Å². The van der Waals surface area contributed by atoms with Crippen molar-refractivity contribution < 1.29 is 0 Å². The van der Waals surface area contributed by atoms with Gasteiger partial charge >= 0.3 is 0 Å². The molecule has 3 atom stereocenters. The van der Waals surface area contributed by atoms with E-state index in [9.17, 15) is 0 Å². The Morgan fingerprint density at radius 3 is 2.92 bits per heavy atom. The molecular weight excluding hydrogens is 172 g/mol. The quantitative estimate of drug-likeness (QED) is 0.621. The van der Waals surface area contributed by atoms with Gasteiger partial charge in [0.05, 0.1) is 11.9 Å². The van der Waals surface area contributed by atoms with Gasteiger partial charge < -0.3 is 5.73 Å². The molecule has 0 amide bonds. The Morgan fingerprint density at radius 1 is 1.42 bits per heavy atom. The van der Waals surface area contributed by atoms with Crippen molar-refractivity contribution in [2.24, 2.45) is 22.6 Å². The molecule has 0 spiro atoms. The van der Waals surface area contributed by atoms with Crippen LogP contribution in [0.1, 0.15) is 32.6 Å². The van der Waals surface area contributed by atoms with E-state index in [1.165, 1.54) is 19.3 Å². The summed E-state index contributed by atoms with van der Waals surface area (Å²) in [7, 11) is 0. The van der Waals surface area contributed by atoms with Crippen LogP contribution in [0.5, 0.6) is 0 Å². The Balaban J connectivity index is 0.000000720. The van der Waals surface area contributed by atoms with Crippen LogP contribution in [0.2, 0.25) is 0 Å². The third kappa shape index (κ3) is 1.58. The first-order valence-electron chi connectivity index (χ1n) is 4.59. The maximum absolute atomic E-state index is 5.73. The molecule has 0 saturated heterocycles. The first kappa shape index (κ1) is 9.85. The van der Waals surface area contributed by atoms with E-state index in [2.05, 4.69) is 11.9 Å². The van der Waals surface area contributed by atoms with Crippen molar-refractivity contribution >= 4 is 18.2 Å². The second-order valence-electron chi connectivity index (χ2n) is 3.96. The number of hydrogen-bond donors (Lipinski definition) is 1. The first-order valence-corrected chi connectivity index (χ1v) is 4.59. The molecule has 0 unspecified atom stereocenters. The molecule has 1 fully saturated rings. The van der Waals surface area contributed by atoms with Gasteiger partial charge in [-0.2, -0.15) is 0 Å². The standard InChI is InChI=1S/C9H16N2.ClH/c1-6-5-9(10)11-8-4-2-3-7(6)8;/h6-8H,2-5H2,1H3,(H2,10,11);1H/t6-,7-,8-;/m1./s1. The summed E-state index contributed by atoms with van der Waals surface area (Å²) in [5.41, 5.74) is 5.73. The van der Waals surface area contributed by atoms with Crippen LogP contribution < -0.4 is 5.73 Å². The van der Waals surface area contributed by atoms with Crippen molar-refractivity contribution in [1.82, 2.24) is 0 Å². The summed E-state index contributed by atoms with van der Waals surface area (Å²) in [6.45, 7) is 2.31. The van der Waals surface area contributed by atoms with Gasteiger partial charge in [0.2, 0.25) is 0 Å². The van der Waals surface area contributed by atoms with Gasteiger partial charge in [-0.1, -0.05) is 13.3 Å². The molecule has 0 aromatic rings. The predicted molar refractivity (Wildman–Crippen MR) is 53.8 cm³/mol. The number of rotatable bonds is 0. The van der Waals surface area contributed by atoms with Crippen molar-refractivity contribution in [1.29, 1.82) is 0 Å². The van der Waals surface area contributed by atoms with Gasteiger partial charge in [0.25, 0.3) is 0 Å². The average Bonchev–Trinajstić information content (AvgIpc) is 2.34. The summed E-state index contributed by atoms with van der Waals surface area (Å²) < 4.78 is 0. The third-order valence-electron chi connectivity index (χ3n) is 3.13. The van der Waals surface area contributed by atoms with Crippen LogP contribution in [0.4, 0.5) is 0 Å². The zero-order chi connectivity index (χ0) is 7.84. The maximum Gasteiger partial charge on any atom is 0.0943 e. The van der Waals surface area contributed by atoms with Crippen LogP contribution in [0, 0.1) is 11.8 Å². The molecule has 0 bridgehead atoms. The highest BCUT2D eigenvalue weighted by Gasteiger charge is 2.34. The van der Waals surface area contributed by atoms with Crippen molar-refractivity contribution in [2.75, 3.05) is 0 Å². The van der Waals surface area contributed by atoms with Crippen molar-refractivity contribution in [3.8, 4) is 0 Å². The maximum atomic E-state index is 5.73. The van der Waals surface area contributed by atoms with E-state index in [4.69, 9.17) is 5.73 Å². The molecule has 12 heavy (non-hydrogen) atoms. The van der Waals surface area contributed by atoms with E-state index in [0.29, 0.717) is 6.04 Å². The molecule has 2 rings (SSSR count). The van der Waals surface area contributed by atoms with E-state index < -0.39 is 0 Å². The highest BCUT2D eigenvalue weighted by Crippen LogP contribution is 2.37. The van der Waals surface area contributed by atoms with Gasteiger partial charge in [-0.3, -0.25) is 4.99 Å². The minimum Gasteiger partial charge on any atom is -0.387 e. The van der Waals surface area contributed by atoms with E-state index in [1.807, 2.05) is 0 Å². The number of nitrogens with two attached hydrogens (primary N) is 1. The SMILES string of the molecule is C[C@@H]1CC(N)=N[C@@H]2CCC[C@H]12.Cl. The first-order chi connectivity index (χ1) is 5.27. The van der Waals surface area contributed by atoms with E-state index in [-0.39, 0.29) is 12.4 Å². The van der Waals surface area contributed by atoms with Gasteiger partial charge in [-0.15, -0.1) is 12.4 Å². The minimum atomic E-state index is 0. The normalized spacial score (nSPS) is 39.8. The lowest BCUT2D eigenvalue weighted by Crippen LogP contribution is -2.32. The minimum absolute atomic E-state index is 0. The zero-order valence-electron chi connectivity index (χ0n) is 7.49. The van der Waals surface area contributed by atoms with Gasteiger partial charge in [-0.05, 0) is 24.7 Å². The number of halogens is 1. The van der Waals surface area contributed by atoms with Gasteiger partial charge in [0, 0.05) is 6.42 Å². The Kier molecular flexibility index (Phi) is 2.99. The Hall–Kier alpha value is -0.240. The van der Waals surface area contributed by atoms with Crippen molar-refractivity contribution in [3.63, 3.8) is 0 Å². The Morgan fingerprint density at radius 2 is 2.17 bits per heavy atom. The fourth-order valence-electron chi connectivity index (χ4n) is 2.54. The van der Waals surface area contributed by atoms with Gasteiger partial charge in [-0.25, -0.2) is 0 Å². The molecule has 1 saturated carbocycles. The zero-order valence-corrected chi connectivity index (χ0v) is 8.31.